The summed E-state index contributed by atoms with van der Waals surface area (Å²) in [6, 6.07) is 0.102. The first-order valence-corrected chi connectivity index (χ1v) is 5.99. The summed E-state index contributed by atoms with van der Waals surface area (Å²) in [7, 11) is 1.47. The summed E-state index contributed by atoms with van der Waals surface area (Å²) in [5.74, 6) is 0. The summed E-state index contributed by atoms with van der Waals surface area (Å²) in [4.78, 5) is 28.1. The smallest absolute Gasteiger partial charge is 0.271 e. The summed E-state index contributed by atoms with van der Waals surface area (Å²) in [5.41, 5.74) is -0.239. The van der Waals surface area contributed by atoms with Crippen LogP contribution in [0.3, 0.4) is 0 Å². The molecular formula is C11H13N5O2. The van der Waals surface area contributed by atoms with Crippen LogP contribution in [0, 0.1) is 0 Å². The molecule has 2 heterocycles. The van der Waals surface area contributed by atoms with Crippen molar-refractivity contribution in [1.82, 2.24) is 24.3 Å². The lowest BCUT2D eigenvalue weighted by Crippen LogP contribution is -2.40. The number of fused-ring (bicyclic) bond motifs is 1. The van der Waals surface area contributed by atoms with Gasteiger partial charge in [-0.05, 0) is 12.8 Å². The summed E-state index contributed by atoms with van der Waals surface area (Å²) in [6.45, 7) is 0. The Morgan fingerprint density at radius 3 is 2.72 bits per heavy atom. The average Bonchev–Trinajstić information content (AvgIpc) is 2.90. The third kappa shape index (κ3) is 1.47. The Morgan fingerprint density at radius 1 is 1.28 bits per heavy atom. The predicted molar refractivity (Wildman–Crippen MR) is 64.3 cm³/mol. The lowest BCUT2D eigenvalue weighted by atomic mass is 10.2. The number of rotatable bonds is 1. The van der Waals surface area contributed by atoms with Gasteiger partial charge in [-0.1, -0.05) is 12.8 Å². The normalized spacial score (nSPS) is 16.5. The predicted octanol–water partition coefficient (Wildman–Crippen LogP) is 0.000300. The van der Waals surface area contributed by atoms with Crippen LogP contribution in [0.1, 0.15) is 31.7 Å². The summed E-state index contributed by atoms with van der Waals surface area (Å²) in [5, 5.41) is 7.61. The third-order valence-corrected chi connectivity index (χ3v) is 3.52. The Morgan fingerprint density at radius 2 is 2.00 bits per heavy atom. The van der Waals surface area contributed by atoms with Crippen molar-refractivity contribution >= 4 is 11.2 Å². The molecule has 0 bridgehead atoms. The second-order valence-corrected chi connectivity index (χ2v) is 4.59. The lowest BCUT2D eigenvalue weighted by molar-refractivity contribution is 0.486. The maximum absolute atomic E-state index is 12.2. The first-order chi connectivity index (χ1) is 8.70. The highest BCUT2D eigenvalue weighted by Gasteiger charge is 2.23. The lowest BCUT2D eigenvalue weighted by Gasteiger charge is -2.15. The van der Waals surface area contributed by atoms with Gasteiger partial charge >= 0.3 is 5.69 Å². The van der Waals surface area contributed by atoms with E-state index in [1.54, 1.807) is 4.57 Å². The molecule has 0 aromatic carbocycles. The molecule has 7 nitrogen and oxygen atoms in total. The van der Waals surface area contributed by atoms with Crippen molar-refractivity contribution in [2.24, 2.45) is 7.05 Å². The zero-order chi connectivity index (χ0) is 12.7. The number of hydrogen-bond acceptors (Lipinski definition) is 5. The minimum atomic E-state index is -0.417. The van der Waals surface area contributed by atoms with E-state index in [0.29, 0.717) is 5.65 Å². The highest BCUT2D eigenvalue weighted by molar-refractivity contribution is 5.67. The summed E-state index contributed by atoms with van der Waals surface area (Å²) in [6.07, 6.45) is 5.28. The third-order valence-electron chi connectivity index (χ3n) is 3.52. The molecule has 1 aliphatic carbocycles. The fourth-order valence-electron chi connectivity index (χ4n) is 2.57. The van der Waals surface area contributed by atoms with E-state index in [1.165, 1.54) is 13.4 Å². The van der Waals surface area contributed by atoms with Gasteiger partial charge in [-0.15, -0.1) is 10.2 Å². The van der Waals surface area contributed by atoms with Crippen molar-refractivity contribution in [2.75, 3.05) is 0 Å². The zero-order valence-electron chi connectivity index (χ0n) is 10.0. The van der Waals surface area contributed by atoms with Gasteiger partial charge in [0.2, 0.25) is 0 Å². The van der Waals surface area contributed by atoms with Gasteiger partial charge in [-0.3, -0.25) is 13.9 Å². The van der Waals surface area contributed by atoms with Gasteiger partial charge in [0.25, 0.3) is 5.56 Å². The van der Waals surface area contributed by atoms with E-state index in [0.717, 1.165) is 30.3 Å². The second kappa shape index (κ2) is 4.01. The van der Waals surface area contributed by atoms with Gasteiger partial charge in [0.1, 0.15) is 6.33 Å². The first kappa shape index (κ1) is 11.1. The molecule has 2 aromatic rings. The van der Waals surface area contributed by atoms with Gasteiger partial charge in [-0.25, -0.2) is 9.78 Å². The molecule has 0 saturated heterocycles. The van der Waals surface area contributed by atoms with E-state index < -0.39 is 5.56 Å². The first-order valence-electron chi connectivity index (χ1n) is 5.99. The van der Waals surface area contributed by atoms with Crippen LogP contribution in [0.4, 0.5) is 0 Å². The van der Waals surface area contributed by atoms with Crippen LogP contribution in [0.15, 0.2) is 15.9 Å². The topological polar surface area (TPSA) is 82.7 Å². The number of aromatic nitrogens is 5. The van der Waals surface area contributed by atoms with E-state index in [9.17, 15) is 9.59 Å². The molecule has 0 unspecified atom stereocenters. The molecule has 0 atom stereocenters. The van der Waals surface area contributed by atoms with Crippen LogP contribution in [-0.2, 0) is 7.05 Å². The molecule has 0 aliphatic heterocycles. The highest BCUT2D eigenvalue weighted by Crippen LogP contribution is 2.29. The van der Waals surface area contributed by atoms with Crippen LogP contribution < -0.4 is 11.2 Å². The second-order valence-electron chi connectivity index (χ2n) is 4.59. The van der Waals surface area contributed by atoms with Crippen molar-refractivity contribution in [1.29, 1.82) is 0 Å². The van der Waals surface area contributed by atoms with Crippen molar-refractivity contribution in [2.45, 2.75) is 31.7 Å². The highest BCUT2D eigenvalue weighted by atomic mass is 16.2. The standard InChI is InChI=1S/C11H13N5O2/c1-15-10(17)8-9(14-13-6-12-8)16(11(15)18)7-4-2-3-5-7/h6-7H,2-5H2,1H3. The van der Waals surface area contributed by atoms with Crippen molar-refractivity contribution in [3.05, 3.63) is 27.2 Å². The van der Waals surface area contributed by atoms with Crippen LogP contribution in [0.25, 0.3) is 11.2 Å². The summed E-state index contributed by atoms with van der Waals surface area (Å²) >= 11 is 0. The maximum Gasteiger partial charge on any atom is 0.332 e. The van der Waals surface area contributed by atoms with Crippen molar-refractivity contribution in [3.8, 4) is 0 Å². The van der Waals surface area contributed by atoms with Gasteiger partial charge in [0.15, 0.2) is 11.2 Å². The van der Waals surface area contributed by atoms with E-state index in [1.807, 2.05) is 0 Å². The van der Waals surface area contributed by atoms with Crippen LogP contribution in [0.2, 0.25) is 0 Å². The Balaban J connectivity index is 2.42. The van der Waals surface area contributed by atoms with Crippen LogP contribution >= 0.6 is 0 Å². The number of nitrogens with zero attached hydrogens (tertiary/aromatic N) is 5. The molecule has 2 aromatic heterocycles. The average molecular weight is 247 g/mol. The van der Waals surface area contributed by atoms with Crippen LogP contribution in [-0.4, -0.2) is 24.3 Å². The van der Waals surface area contributed by atoms with E-state index in [2.05, 4.69) is 15.2 Å². The quantitative estimate of drug-likeness (QED) is 0.708. The fourth-order valence-corrected chi connectivity index (χ4v) is 2.57. The van der Waals surface area contributed by atoms with Crippen LogP contribution in [0.5, 0.6) is 0 Å². The minimum absolute atomic E-state index is 0.102. The Bertz CT molecular complexity index is 711. The SMILES string of the molecule is Cn1c(=O)c2ncnnc2n(C2CCCC2)c1=O. The molecule has 0 N–H and O–H groups in total. The molecule has 1 fully saturated rings. The zero-order valence-corrected chi connectivity index (χ0v) is 10.0. The fraction of sp³-hybridized carbons (Fsp3) is 0.545. The van der Waals surface area contributed by atoms with E-state index >= 15 is 0 Å². The molecule has 0 spiro atoms. The van der Waals surface area contributed by atoms with E-state index in [4.69, 9.17) is 0 Å². The van der Waals surface area contributed by atoms with E-state index in [-0.39, 0.29) is 17.2 Å². The van der Waals surface area contributed by atoms with Crippen molar-refractivity contribution < 1.29 is 0 Å². The summed E-state index contributed by atoms with van der Waals surface area (Å²) < 4.78 is 2.67. The molecule has 0 amide bonds. The molecule has 7 heteroatoms. The molecule has 0 radical (unpaired) electrons. The molecular weight excluding hydrogens is 234 g/mol. The Labute approximate surface area is 102 Å². The molecule has 18 heavy (non-hydrogen) atoms. The molecule has 3 rings (SSSR count). The molecule has 1 aliphatic rings. The molecule has 94 valence electrons. The minimum Gasteiger partial charge on any atom is -0.271 e. The maximum atomic E-state index is 12.2. The Hall–Kier alpha value is -2.05. The van der Waals surface area contributed by atoms with Gasteiger partial charge in [0.05, 0.1) is 0 Å². The van der Waals surface area contributed by atoms with Gasteiger partial charge in [0, 0.05) is 13.1 Å². The van der Waals surface area contributed by atoms with Gasteiger partial charge in [-0.2, -0.15) is 0 Å². The van der Waals surface area contributed by atoms with Crippen molar-refractivity contribution in [3.63, 3.8) is 0 Å². The van der Waals surface area contributed by atoms with Gasteiger partial charge < -0.3 is 0 Å². The monoisotopic (exact) mass is 247 g/mol. The Kier molecular flexibility index (Phi) is 2.46. The largest absolute Gasteiger partial charge is 0.332 e. The molecule has 1 saturated carbocycles. The number of hydrogen-bond donors (Lipinski definition) is 0.